The smallest absolute Gasteiger partial charge is 0.120 e. The van der Waals surface area contributed by atoms with E-state index in [0.717, 1.165) is 12.1 Å². The summed E-state index contributed by atoms with van der Waals surface area (Å²) >= 11 is 2.01. The predicted molar refractivity (Wildman–Crippen MR) is 76.3 cm³/mol. The van der Waals surface area contributed by atoms with E-state index >= 15 is 0 Å². The van der Waals surface area contributed by atoms with Gasteiger partial charge in [0.2, 0.25) is 0 Å². The van der Waals surface area contributed by atoms with Crippen molar-refractivity contribution in [2.45, 2.75) is 37.5 Å². The highest BCUT2D eigenvalue weighted by molar-refractivity contribution is 8.00. The van der Waals surface area contributed by atoms with Crippen molar-refractivity contribution in [1.29, 1.82) is 0 Å². The summed E-state index contributed by atoms with van der Waals surface area (Å²) in [7, 11) is 0. The van der Waals surface area contributed by atoms with Crippen LogP contribution >= 0.6 is 11.8 Å². The van der Waals surface area contributed by atoms with Crippen LogP contribution in [0.4, 0.5) is 0 Å². The number of aromatic hydroxyl groups is 2. The summed E-state index contributed by atoms with van der Waals surface area (Å²) in [5.41, 5.74) is 0.751. The third-order valence-electron chi connectivity index (χ3n) is 3.56. The molecule has 1 aliphatic heterocycles. The molecule has 1 saturated heterocycles. The highest BCUT2D eigenvalue weighted by atomic mass is 32.2. The second-order valence-electron chi connectivity index (χ2n) is 5.25. The highest BCUT2D eigenvalue weighted by Gasteiger charge is 2.29. The molecule has 1 aliphatic rings. The number of hydrogen-bond acceptors (Lipinski definition) is 4. The first-order chi connectivity index (χ1) is 8.50. The van der Waals surface area contributed by atoms with E-state index in [1.807, 2.05) is 18.7 Å². The molecule has 18 heavy (non-hydrogen) atoms. The van der Waals surface area contributed by atoms with Crippen LogP contribution in [-0.2, 0) is 0 Å². The Morgan fingerprint density at radius 3 is 2.89 bits per heavy atom. The van der Waals surface area contributed by atoms with E-state index in [1.54, 1.807) is 6.07 Å². The van der Waals surface area contributed by atoms with Gasteiger partial charge in [-0.25, -0.2) is 0 Å². The summed E-state index contributed by atoms with van der Waals surface area (Å²) in [6.07, 6.45) is 2.53. The average molecular weight is 267 g/mol. The van der Waals surface area contributed by atoms with E-state index < -0.39 is 0 Å². The zero-order valence-electron chi connectivity index (χ0n) is 10.9. The Morgan fingerprint density at radius 1 is 1.44 bits per heavy atom. The lowest BCUT2D eigenvalue weighted by Crippen LogP contribution is -2.34. The van der Waals surface area contributed by atoms with Crippen LogP contribution in [0.25, 0.3) is 0 Å². The molecule has 0 bridgehead atoms. The van der Waals surface area contributed by atoms with E-state index in [2.05, 4.69) is 12.2 Å². The number of phenols is 2. The van der Waals surface area contributed by atoms with Crippen molar-refractivity contribution >= 4 is 11.8 Å². The molecule has 2 atom stereocenters. The summed E-state index contributed by atoms with van der Waals surface area (Å²) in [4.78, 5) is 0. The molecule has 0 spiro atoms. The maximum atomic E-state index is 9.81. The Bertz CT molecular complexity index is 416. The quantitative estimate of drug-likeness (QED) is 0.734. The molecule has 0 aliphatic carbocycles. The van der Waals surface area contributed by atoms with Gasteiger partial charge in [-0.15, -0.1) is 0 Å². The number of rotatable bonds is 4. The summed E-state index contributed by atoms with van der Waals surface area (Å²) in [5, 5.41) is 22.7. The van der Waals surface area contributed by atoms with Gasteiger partial charge in [0.1, 0.15) is 11.5 Å². The largest absolute Gasteiger partial charge is 0.508 e. The minimum absolute atomic E-state index is 0.0372. The fourth-order valence-corrected chi connectivity index (χ4v) is 3.60. The molecule has 100 valence electrons. The van der Waals surface area contributed by atoms with Gasteiger partial charge in [0.05, 0.1) is 0 Å². The lowest BCUT2D eigenvalue weighted by Gasteiger charge is -2.26. The van der Waals surface area contributed by atoms with Crippen molar-refractivity contribution < 1.29 is 10.2 Å². The first kappa shape index (κ1) is 13.6. The van der Waals surface area contributed by atoms with E-state index in [9.17, 15) is 10.2 Å². The molecular weight excluding hydrogens is 246 g/mol. The molecule has 3 N–H and O–H groups in total. The van der Waals surface area contributed by atoms with Crippen molar-refractivity contribution in [2.24, 2.45) is 0 Å². The monoisotopic (exact) mass is 267 g/mol. The zero-order valence-corrected chi connectivity index (χ0v) is 11.8. The molecule has 0 saturated carbocycles. The van der Waals surface area contributed by atoms with Gasteiger partial charge in [-0.05, 0) is 50.6 Å². The fraction of sp³-hybridized carbons (Fsp3) is 0.571. The minimum Gasteiger partial charge on any atom is -0.508 e. The van der Waals surface area contributed by atoms with Crippen molar-refractivity contribution in [3.8, 4) is 11.5 Å². The molecule has 2 rings (SSSR count). The molecule has 1 heterocycles. The van der Waals surface area contributed by atoms with Gasteiger partial charge in [-0.2, -0.15) is 11.8 Å². The molecule has 0 aromatic heterocycles. The Morgan fingerprint density at radius 2 is 2.22 bits per heavy atom. The standard InChI is InChI=1S/C14H21NO2S/c1-10(12-8-11(16)4-5-13(12)17)15-9-14(2)6-3-7-18-14/h4-5,8,10,15-17H,3,6-7,9H2,1-2H3. The third-order valence-corrected chi connectivity index (χ3v) is 5.10. The summed E-state index contributed by atoms with van der Waals surface area (Å²) in [6.45, 7) is 5.22. The normalized spacial score (nSPS) is 25.2. The summed E-state index contributed by atoms with van der Waals surface area (Å²) in [6, 6.07) is 4.70. The topological polar surface area (TPSA) is 52.5 Å². The summed E-state index contributed by atoms with van der Waals surface area (Å²) in [5.74, 6) is 1.67. The fourth-order valence-electron chi connectivity index (χ4n) is 2.34. The molecular formula is C14H21NO2S. The molecule has 0 amide bonds. The minimum atomic E-state index is 0.0372. The van der Waals surface area contributed by atoms with Crippen LogP contribution in [-0.4, -0.2) is 27.3 Å². The second kappa shape index (κ2) is 5.41. The molecule has 1 aromatic rings. The maximum absolute atomic E-state index is 9.81. The molecule has 4 heteroatoms. The van der Waals surface area contributed by atoms with Crippen LogP contribution < -0.4 is 5.32 Å². The zero-order chi connectivity index (χ0) is 13.2. The molecule has 1 aromatic carbocycles. The molecule has 1 fully saturated rings. The van der Waals surface area contributed by atoms with Crippen LogP contribution in [0.15, 0.2) is 18.2 Å². The van der Waals surface area contributed by atoms with Crippen molar-refractivity contribution in [3.05, 3.63) is 23.8 Å². The number of benzene rings is 1. The van der Waals surface area contributed by atoms with Gasteiger partial charge in [0, 0.05) is 22.9 Å². The van der Waals surface area contributed by atoms with E-state index in [4.69, 9.17) is 0 Å². The van der Waals surface area contributed by atoms with Gasteiger partial charge >= 0.3 is 0 Å². The second-order valence-corrected chi connectivity index (χ2v) is 6.93. The lowest BCUT2D eigenvalue weighted by atomic mass is 10.0. The number of nitrogens with one attached hydrogen (secondary N) is 1. The number of thioether (sulfide) groups is 1. The number of hydrogen-bond donors (Lipinski definition) is 3. The van der Waals surface area contributed by atoms with Gasteiger partial charge in [-0.1, -0.05) is 0 Å². The predicted octanol–water partition coefficient (Wildman–Crippen LogP) is 3.03. The molecule has 0 radical (unpaired) electrons. The molecule has 2 unspecified atom stereocenters. The van der Waals surface area contributed by atoms with Crippen LogP contribution in [0, 0.1) is 0 Å². The van der Waals surface area contributed by atoms with Crippen molar-refractivity contribution in [1.82, 2.24) is 5.32 Å². The SMILES string of the molecule is CC(NCC1(C)CCCS1)c1cc(O)ccc1O. The van der Waals surface area contributed by atoms with Gasteiger partial charge in [-0.3, -0.25) is 0 Å². The van der Waals surface area contributed by atoms with Gasteiger partial charge in [0.15, 0.2) is 0 Å². The van der Waals surface area contributed by atoms with Crippen molar-refractivity contribution in [2.75, 3.05) is 12.3 Å². The first-order valence-corrected chi connectivity index (χ1v) is 7.38. The van der Waals surface area contributed by atoms with E-state index in [-0.39, 0.29) is 17.5 Å². The number of phenolic OH excluding ortho intramolecular Hbond substituents is 2. The van der Waals surface area contributed by atoms with Crippen LogP contribution in [0.2, 0.25) is 0 Å². The highest BCUT2D eigenvalue weighted by Crippen LogP contribution is 2.37. The Kier molecular flexibility index (Phi) is 4.07. The Labute approximate surface area is 113 Å². The van der Waals surface area contributed by atoms with Crippen molar-refractivity contribution in [3.63, 3.8) is 0 Å². The van der Waals surface area contributed by atoms with Gasteiger partial charge < -0.3 is 15.5 Å². The van der Waals surface area contributed by atoms with Crippen LogP contribution in [0.5, 0.6) is 11.5 Å². The van der Waals surface area contributed by atoms with Crippen LogP contribution in [0.3, 0.4) is 0 Å². The summed E-state index contributed by atoms with van der Waals surface area (Å²) < 4.78 is 0.306. The van der Waals surface area contributed by atoms with E-state index in [1.165, 1.54) is 30.7 Å². The third kappa shape index (κ3) is 3.12. The van der Waals surface area contributed by atoms with Gasteiger partial charge in [0.25, 0.3) is 0 Å². The van der Waals surface area contributed by atoms with Crippen LogP contribution in [0.1, 0.15) is 38.3 Å². The Balaban J connectivity index is 1.99. The lowest BCUT2D eigenvalue weighted by molar-refractivity contribution is 0.433. The first-order valence-electron chi connectivity index (χ1n) is 6.39. The Hall–Kier alpha value is -0.870. The average Bonchev–Trinajstić information content (AvgIpc) is 2.77. The molecule has 3 nitrogen and oxygen atoms in total. The maximum Gasteiger partial charge on any atom is 0.120 e. The van der Waals surface area contributed by atoms with E-state index in [0.29, 0.717) is 4.75 Å².